The second-order valence-corrected chi connectivity index (χ2v) is 6.70. The lowest BCUT2D eigenvalue weighted by atomic mass is 9.87. The molecule has 0 saturated heterocycles. The van der Waals surface area contributed by atoms with E-state index >= 15 is 0 Å². The van der Waals surface area contributed by atoms with Gasteiger partial charge in [0.15, 0.2) is 5.96 Å². The second kappa shape index (κ2) is 11.5. The zero-order chi connectivity index (χ0) is 14.9. The highest BCUT2D eigenvalue weighted by Gasteiger charge is 2.20. The quantitative estimate of drug-likeness (QED) is 0.361. The fraction of sp³-hybridized carbons (Fsp3) is 0.941. The average molecular weight is 423 g/mol. The highest BCUT2D eigenvalue weighted by molar-refractivity contribution is 14.0. The molecule has 2 aliphatic carbocycles. The Morgan fingerprint density at radius 3 is 2.36 bits per heavy atom. The molecular weight excluding hydrogens is 389 g/mol. The lowest BCUT2D eigenvalue weighted by Gasteiger charge is -2.27. The van der Waals surface area contributed by atoms with E-state index in [2.05, 4.69) is 17.6 Å². The van der Waals surface area contributed by atoms with Gasteiger partial charge in [0.05, 0.1) is 6.10 Å². The maximum atomic E-state index is 9.58. The van der Waals surface area contributed by atoms with Gasteiger partial charge in [-0.15, -0.1) is 24.0 Å². The summed E-state index contributed by atoms with van der Waals surface area (Å²) in [7, 11) is 0. The van der Waals surface area contributed by atoms with E-state index in [0.717, 1.165) is 50.7 Å². The predicted molar refractivity (Wildman–Crippen MR) is 104 cm³/mol. The molecule has 0 unspecified atom stereocenters. The van der Waals surface area contributed by atoms with Gasteiger partial charge in [-0.25, -0.2) is 0 Å². The van der Waals surface area contributed by atoms with Gasteiger partial charge in [0.25, 0.3) is 0 Å². The van der Waals surface area contributed by atoms with Crippen molar-refractivity contribution in [3.63, 3.8) is 0 Å². The van der Waals surface area contributed by atoms with E-state index in [1.807, 2.05) is 0 Å². The van der Waals surface area contributed by atoms with E-state index in [4.69, 9.17) is 4.99 Å². The minimum atomic E-state index is -0.0890. The van der Waals surface area contributed by atoms with Crippen molar-refractivity contribution in [1.82, 2.24) is 10.6 Å². The molecule has 0 radical (unpaired) electrons. The molecule has 22 heavy (non-hydrogen) atoms. The molecule has 5 heteroatoms. The van der Waals surface area contributed by atoms with Crippen molar-refractivity contribution in [3.05, 3.63) is 0 Å². The number of halogens is 1. The Bertz CT molecular complexity index is 311. The third-order valence-electron chi connectivity index (χ3n) is 4.91. The molecule has 2 saturated carbocycles. The summed E-state index contributed by atoms with van der Waals surface area (Å²) in [4.78, 5) is 4.75. The topological polar surface area (TPSA) is 56.7 Å². The number of nitrogens with zero attached hydrogens (tertiary/aromatic N) is 1. The molecular formula is C17H34IN3O. The highest BCUT2D eigenvalue weighted by atomic mass is 127. The van der Waals surface area contributed by atoms with Crippen LogP contribution in [0.4, 0.5) is 0 Å². The van der Waals surface area contributed by atoms with Crippen LogP contribution >= 0.6 is 24.0 Å². The van der Waals surface area contributed by atoms with Crippen LogP contribution in [0.1, 0.15) is 71.1 Å². The Kier molecular flexibility index (Phi) is 10.4. The van der Waals surface area contributed by atoms with E-state index in [0.29, 0.717) is 6.04 Å². The first-order valence-corrected chi connectivity index (χ1v) is 9.01. The lowest BCUT2D eigenvalue weighted by molar-refractivity contribution is 0.120. The van der Waals surface area contributed by atoms with Gasteiger partial charge in [-0.05, 0) is 44.9 Å². The molecule has 2 aliphatic rings. The fourth-order valence-corrected chi connectivity index (χ4v) is 3.57. The number of aliphatic imine (C=N–C) groups is 1. The summed E-state index contributed by atoms with van der Waals surface area (Å²) in [5, 5.41) is 16.5. The molecule has 2 fully saturated rings. The summed E-state index contributed by atoms with van der Waals surface area (Å²) in [6.07, 6.45) is 12.1. The Morgan fingerprint density at radius 2 is 1.73 bits per heavy atom. The minimum absolute atomic E-state index is 0. The number of hydrogen-bond donors (Lipinski definition) is 3. The number of rotatable bonds is 5. The summed E-state index contributed by atoms with van der Waals surface area (Å²) < 4.78 is 0. The predicted octanol–water partition coefficient (Wildman–Crippen LogP) is 3.43. The van der Waals surface area contributed by atoms with Crippen molar-refractivity contribution in [2.24, 2.45) is 10.9 Å². The van der Waals surface area contributed by atoms with Gasteiger partial charge >= 0.3 is 0 Å². The molecule has 2 rings (SSSR count). The van der Waals surface area contributed by atoms with Crippen molar-refractivity contribution in [1.29, 1.82) is 0 Å². The third-order valence-corrected chi connectivity index (χ3v) is 4.91. The van der Waals surface area contributed by atoms with Crippen molar-refractivity contribution < 1.29 is 5.11 Å². The second-order valence-electron chi connectivity index (χ2n) is 6.70. The normalized spacial score (nSPS) is 27.1. The number of hydrogen-bond acceptors (Lipinski definition) is 2. The van der Waals surface area contributed by atoms with Gasteiger partial charge in [-0.1, -0.05) is 32.1 Å². The minimum Gasteiger partial charge on any atom is -0.393 e. The molecule has 4 nitrogen and oxygen atoms in total. The Morgan fingerprint density at radius 1 is 1.05 bits per heavy atom. The summed E-state index contributed by atoms with van der Waals surface area (Å²) in [6.45, 7) is 3.96. The number of aliphatic hydroxyl groups excluding tert-OH is 1. The Balaban J connectivity index is 0.00000242. The van der Waals surface area contributed by atoms with Crippen LogP contribution in [0.25, 0.3) is 0 Å². The van der Waals surface area contributed by atoms with Crippen molar-refractivity contribution in [3.8, 4) is 0 Å². The van der Waals surface area contributed by atoms with Crippen LogP contribution in [-0.2, 0) is 0 Å². The number of guanidine groups is 1. The first kappa shape index (κ1) is 20.0. The number of aliphatic hydroxyl groups is 1. The average Bonchev–Trinajstić information content (AvgIpc) is 2.51. The molecule has 3 N–H and O–H groups in total. The summed E-state index contributed by atoms with van der Waals surface area (Å²) in [5.74, 6) is 1.87. The molecule has 0 aromatic heterocycles. The standard InChI is InChI=1S/C17H33N3O.HI/c1-2-18-17(20-15-8-10-16(21)11-9-15)19-13-12-14-6-4-3-5-7-14;/h14-16,21H,2-13H2,1H3,(H2,18,19,20);1H. The van der Waals surface area contributed by atoms with Crippen LogP contribution in [0.5, 0.6) is 0 Å². The van der Waals surface area contributed by atoms with Crippen molar-refractivity contribution in [2.45, 2.75) is 83.3 Å². The van der Waals surface area contributed by atoms with Crippen LogP contribution in [0, 0.1) is 5.92 Å². The van der Waals surface area contributed by atoms with Crippen molar-refractivity contribution in [2.75, 3.05) is 13.1 Å². The molecule has 0 amide bonds. The van der Waals surface area contributed by atoms with E-state index in [9.17, 15) is 5.11 Å². The number of nitrogens with one attached hydrogen (secondary N) is 2. The van der Waals surface area contributed by atoms with Crippen LogP contribution in [0.2, 0.25) is 0 Å². The van der Waals surface area contributed by atoms with Gasteiger partial charge < -0.3 is 15.7 Å². The molecule has 0 atom stereocenters. The van der Waals surface area contributed by atoms with E-state index in [1.165, 1.54) is 38.5 Å². The largest absolute Gasteiger partial charge is 0.393 e. The summed E-state index contributed by atoms with van der Waals surface area (Å²) in [5.41, 5.74) is 0. The molecule has 130 valence electrons. The van der Waals surface area contributed by atoms with Gasteiger partial charge in [0.1, 0.15) is 0 Å². The van der Waals surface area contributed by atoms with Crippen LogP contribution < -0.4 is 10.6 Å². The third kappa shape index (κ3) is 7.49. The maximum absolute atomic E-state index is 9.58. The summed E-state index contributed by atoms with van der Waals surface area (Å²) >= 11 is 0. The lowest BCUT2D eigenvalue weighted by Crippen LogP contribution is -2.45. The van der Waals surface area contributed by atoms with Gasteiger partial charge in [0, 0.05) is 19.1 Å². The smallest absolute Gasteiger partial charge is 0.191 e. The first-order valence-electron chi connectivity index (χ1n) is 9.01. The van der Waals surface area contributed by atoms with Crippen LogP contribution in [0.3, 0.4) is 0 Å². The molecule has 0 spiro atoms. The summed E-state index contributed by atoms with van der Waals surface area (Å²) in [6, 6.07) is 0.473. The fourth-order valence-electron chi connectivity index (χ4n) is 3.57. The van der Waals surface area contributed by atoms with E-state index < -0.39 is 0 Å². The van der Waals surface area contributed by atoms with E-state index in [-0.39, 0.29) is 30.1 Å². The Labute approximate surface area is 152 Å². The monoisotopic (exact) mass is 423 g/mol. The van der Waals surface area contributed by atoms with Gasteiger partial charge in [-0.3, -0.25) is 4.99 Å². The zero-order valence-corrected chi connectivity index (χ0v) is 16.4. The molecule has 0 aliphatic heterocycles. The molecule has 0 aromatic rings. The Hall–Kier alpha value is -0.0400. The maximum Gasteiger partial charge on any atom is 0.191 e. The molecule has 0 aromatic carbocycles. The van der Waals surface area contributed by atoms with Crippen LogP contribution in [-0.4, -0.2) is 36.3 Å². The van der Waals surface area contributed by atoms with Gasteiger partial charge in [0.2, 0.25) is 0 Å². The zero-order valence-electron chi connectivity index (χ0n) is 14.0. The van der Waals surface area contributed by atoms with Crippen molar-refractivity contribution >= 4 is 29.9 Å². The molecule has 0 heterocycles. The highest BCUT2D eigenvalue weighted by Crippen LogP contribution is 2.26. The molecule has 0 bridgehead atoms. The SMILES string of the molecule is CCNC(=NCCC1CCCCC1)NC1CCC(O)CC1.I. The van der Waals surface area contributed by atoms with Crippen LogP contribution in [0.15, 0.2) is 4.99 Å². The van der Waals surface area contributed by atoms with E-state index in [1.54, 1.807) is 0 Å². The first-order chi connectivity index (χ1) is 10.3. The van der Waals surface area contributed by atoms with Gasteiger partial charge in [-0.2, -0.15) is 0 Å².